The van der Waals surface area contributed by atoms with E-state index in [1.54, 1.807) is 4.90 Å². The molecule has 0 unspecified atom stereocenters. The fraction of sp³-hybridized carbons (Fsp3) is 0.579. The summed E-state index contributed by atoms with van der Waals surface area (Å²) in [6, 6.07) is 7.83. The highest BCUT2D eigenvalue weighted by atomic mass is 16.5. The average molecular weight is 332 g/mol. The molecule has 0 bridgehead atoms. The topological polar surface area (TPSA) is 58.6 Å². The van der Waals surface area contributed by atoms with Crippen LogP contribution in [-0.2, 0) is 20.7 Å². The summed E-state index contributed by atoms with van der Waals surface area (Å²) in [7, 11) is 0. The molecule has 1 aromatic rings. The molecule has 1 heterocycles. The lowest BCUT2D eigenvalue weighted by molar-refractivity contribution is -0.127. The average Bonchev–Trinajstić information content (AvgIpc) is 2.90. The molecule has 1 fully saturated rings. The lowest BCUT2D eigenvalue weighted by Crippen LogP contribution is -2.55. The number of benzene rings is 1. The third-order valence-electron chi connectivity index (χ3n) is 4.63. The number of ether oxygens (including phenoxy) is 1. The van der Waals surface area contributed by atoms with Gasteiger partial charge < -0.3 is 10.1 Å². The Bertz CT molecular complexity index is 588. The van der Waals surface area contributed by atoms with Gasteiger partial charge in [0.25, 0.3) is 0 Å². The molecule has 2 rings (SSSR count). The Morgan fingerprint density at radius 3 is 2.79 bits per heavy atom. The van der Waals surface area contributed by atoms with Crippen LogP contribution in [0, 0.1) is 0 Å². The molecular weight excluding hydrogens is 304 g/mol. The maximum atomic E-state index is 12.8. The Kier molecular flexibility index (Phi) is 6.37. The van der Waals surface area contributed by atoms with Gasteiger partial charge >= 0.3 is 0 Å². The number of hydrogen-bond acceptors (Lipinski definition) is 3. The fourth-order valence-corrected chi connectivity index (χ4v) is 3.20. The number of amides is 2. The minimum Gasteiger partial charge on any atom is -0.382 e. The number of nitrogens with one attached hydrogen (secondary N) is 1. The van der Waals surface area contributed by atoms with Crippen molar-refractivity contribution < 1.29 is 14.3 Å². The van der Waals surface area contributed by atoms with Crippen LogP contribution in [0.4, 0.5) is 5.69 Å². The van der Waals surface area contributed by atoms with E-state index in [-0.39, 0.29) is 11.8 Å². The van der Waals surface area contributed by atoms with Crippen LogP contribution < -0.4 is 10.2 Å². The number of aryl methyl sites for hydroxylation is 1. The molecule has 0 saturated carbocycles. The number of rotatable bonds is 8. The molecule has 5 heteroatoms. The normalized spacial score (nSPS) is 20.5. The molecule has 1 N–H and O–H groups in total. The van der Waals surface area contributed by atoms with Crippen LogP contribution in [0.25, 0.3) is 0 Å². The van der Waals surface area contributed by atoms with Crippen molar-refractivity contribution in [2.75, 3.05) is 24.7 Å². The molecule has 1 saturated heterocycles. The standard InChI is InChI=1S/C19H28N2O3/c1-4-15-9-6-7-10-16(15)21-17(22)11-12-19(21,3)18(23)20-13-8-14-24-5-2/h6-7,9-10H,4-5,8,11-14H2,1-3H3,(H,20,23)/t19-/m1/s1. The van der Waals surface area contributed by atoms with E-state index in [1.807, 2.05) is 38.1 Å². The van der Waals surface area contributed by atoms with Gasteiger partial charge in [-0.05, 0) is 44.7 Å². The van der Waals surface area contributed by atoms with E-state index in [4.69, 9.17) is 4.74 Å². The zero-order chi connectivity index (χ0) is 17.6. The van der Waals surface area contributed by atoms with Gasteiger partial charge in [-0.1, -0.05) is 25.1 Å². The van der Waals surface area contributed by atoms with Crippen molar-refractivity contribution in [3.8, 4) is 0 Å². The second-order valence-corrected chi connectivity index (χ2v) is 6.29. The van der Waals surface area contributed by atoms with Gasteiger partial charge in [0, 0.05) is 31.9 Å². The van der Waals surface area contributed by atoms with E-state index in [0.717, 1.165) is 24.1 Å². The first-order valence-electron chi connectivity index (χ1n) is 8.81. The van der Waals surface area contributed by atoms with Gasteiger partial charge in [-0.15, -0.1) is 0 Å². The third kappa shape index (κ3) is 3.78. The second kappa shape index (κ2) is 8.29. The molecule has 1 aliphatic heterocycles. The molecule has 132 valence electrons. The summed E-state index contributed by atoms with van der Waals surface area (Å²) in [6.07, 6.45) is 2.54. The summed E-state index contributed by atoms with van der Waals surface area (Å²) >= 11 is 0. The Morgan fingerprint density at radius 2 is 2.08 bits per heavy atom. The number of para-hydroxylation sites is 1. The summed E-state index contributed by atoms with van der Waals surface area (Å²) < 4.78 is 5.29. The third-order valence-corrected chi connectivity index (χ3v) is 4.63. The van der Waals surface area contributed by atoms with Crippen molar-refractivity contribution in [2.45, 2.75) is 52.0 Å². The fourth-order valence-electron chi connectivity index (χ4n) is 3.20. The molecule has 0 radical (unpaired) electrons. The van der Waals surface area contributed by atoms with Crippen molar-refractivity contribution in [3.05, 3.63) is 29.8 Å². The Balaban J connectivity index is 2.14. The Morgan fingerprint density at radius 1 is 1.33 bits per heavy atom. The van der Waals surface area contributed by atoms with E-state index in [9.17, 15) is 9.59 Å². The lowest BCUT2D eigenvalue weighted by atomic mass is 9.96. The number of nitrogens with zero attached hydrogens (tertiary/aromatic N) is 1. The van der Waals surface area contributed by atoms with E-state index >= 15 is 0 Å². The van der Waals surface area contributed by atoms with Gasteiger partial charge in [0.05, 0.1) is 0 Å². The van der Waals surface area contributed by atoms with Crippen LogP contribution in [0.3, 0.4) is 0 Å². The van der Waals surface area contributed by atoms with Gasteiger partial charge in [0.15, 0.2) is 0 Å². The number of hydrogen-bond donors (Lipinski definition) is 1. The Hall–Kier alpha value is -1.88. The summed E-state index contributed by atoms with van der Waals surface area (Å²) in [4.78, 5) is 27.0. The van der Waals surface area contributed by atoms with Gasteiger partial charge in [-0.25, -0.2) is 0 Å². The summed E-state index contributed by atoms with van der Waals surface area (Å²) in [5, 5.41) is 2.97. The quantitative estimate of drug-likeness (QED) is 0.745. The van der Waals surface area contributed by atoms with Crippen molar-refractivity contribution in [3.63, 3.8) is 0 Å². The smallest absolute Gasteiger partial charge is 0.246 e. The minimum absolute atomic E-state index is 0.0165. The predicted molar refractivity (Wildman–Crippen MR) is 95.1 cm³/mol. The van der Waals surface area contributed by atoms with Gasteiger partial charge in [-0.2, -0.15) is 0 Å². The first-order chi connectivity index (χ1) is 11.5. The van der Waals surface area contributed by atoms with E-state index in [2.05, 4.69) is 12.2 Å². The number of anilines is 1. The number of carbonyl (C=O) groups excluding carboxylic acids is 2. The zero-order valence-electron chi connectivity index (χ0n) is 14.9. The van der Waals surface area contributed by atoms with E-state index < -0.39 is 5.54 Å². The first kappa shape index (κ1) is 18.5. The maximum Gasteiger partial charge on any atom is 0.246 e. The molecule has 1 atom stereocenters. The molecule has 5 nitrogen and oxygen atoms in total. The first-order valence-corrected chi connectivity index (χ1v) is 8.81. The number of carbonyl (C=O) groups is 2. The van der Waals surface area contributed by atoms with Crippen molar-refractivity contribution in [1.82, 2.24) is 5.32 Å². The van der Waals surface area contributed by atoms with Crippen LogP contribution in [0.15, 0.2) is 24.3 Å². The Labute approximate surface area is 144 Å². The van der Waals surface area contributed by atoms with Crippen LogP contribution in [0.5, 0.6) is 0 Å². The van der Waals surface area contributed by atoms with Gasteiger partial charge in [-0.3, -0.25) is 14.5 Å². The molecule has 2 amide bonds. The van der Waals surface area contributed by atoms with Gasteiger partial charge in [0.2, 0.25) is 11.8 Å². The highest BCUT2D eigenvalue weighted by molar-refractivity contribution is 6.06. The molecule has 1 aromatic carbocycles. The monoisotopic (exact) mass is 332 g/mol. The summed E-state index contributed by atoms with van der Waals surface area (Å²) in [5.41, 5.74) is 1.12. The zero-order valence-corrected chi connectivity index (χ0v) is 14.9. The minimum atomic E-state index is -0.825. The molecular formula is C19H28N2O3. The van der Waals surface area contributed by atoms with Crippen LogP contribution >= 0.6 is 0 Å². The van der Waals surface area contributed by atoms with Crippen LogP contribution in [0.2, 0.25) is 0 Å². The predicted octanol–water partition coefficient (Wildman–Crippen LogP) is 2.68. The van der Waals surface area contributed by atoms with Crippen molar-refractivity contribution >= 4 is 17.5 Å². The van der Waals surface area contributed by atoms with Crippen molar-refractivity contribution in [1.29, 1.82) is 0 Å². The van der Waals surface area contributed by atoms with Crippen LogP contribution in [-0.4, -0.2) is 37.1 Å². The maximum absolute atomic E-state index is 12.8. The van der Waals surface area contributed by atoms with E-state index in [1.165, 1.54) is 0 Å². The molecule has 0 spiro atoms. The largest absolute Gasteiger partial charge is 0.382 e. The molecule has 1 aliphatic rings. The lowest BCUT2D eigenvalue weighted by Gasteiger charge is -2.35. The molecule has 0 aliphatic carbocycles. The highest BCUT2D eigenvalue weighted by Gasteiger charge is 2.48. The summed E-state index contributed by atoms with van der Waals surface area (Å²) in [5.74, 6) is -0.0707. The second-order valence-electron chi connectivity index (χ2n) is 6.29. The summed E-state index contributed by atoms with van der Waals surface area (Å²) in [6.45, 7) is 7.75. The van der Waals surface area contributed by atoms with Crippen molar-refractivity contribution in [2.24, 2.45) is 0 Å². The SMILES string of the molecule is CCOCCCNC(=O)[C@@]1(C)CCC(=O)N1c1ccccc1CC. The highest BCUT2D eigenvalue weighted by Crippen LogP contribution is 2.37. The molecule has 24 heavy (non-hydrogen) atoms. The van der Waals surface area contributed by atoms with E-state index in [0.29, 0.717) is 32.6 Å². The van der Waals surface area contributed by atoms with Crippen LogP contribution in [0.1, 0.15) is 45.6 Å². The molecule has 0 aromatic heterocycles. The van der Waals surface area contributed by atoms with Gasteiger partial charge in [0.1, 0.15) is 5.54 Å².